The van der Waals surface area contributed by atoms with Crippen molar-refractivity contribution in [1.82, 2.24) is 5.32 Å². The van der Waals surface area contributed by atoms with E-state index >= 15 is 0 Å². The highest BCUT2D eigenvalue weighted by Crippen LogP contribution is 2.26. The molecule has 0 aliphatic carbocycles. The third-order valence-electron chi connectivity index (χ3n) is 3.34. The van der Waals surface area contributed by atoms with Crippen LogP contribution >= 0.6 is 0 Å². The number of aliphatic hydroxyl groups excluding tert-OH is 1. The number of esters is 3. The minimum Gasteiger partial charge on any atom is -0.463 e. The number of hydrogen-bond donors (Lipinski definition) is 2. The molecule has 0 spiro atoms. The van der Waals surface area contributed by atoms with E-state index in [0.717, 1.165) is 20.8 Å². The first-order valence-corrected chi connectivity index (χ1v) is 8.01. The van der Waals surface area contributed by atoms with E-state index in [-0.39, 0.29) is 13.2 Å². The summed E-state index contributed by atoms with van der Waals surface area (Å²) in [5.74, 6) is -2.13. The van der Waals surface area contributed by atoms with Crippen molar-refractivity contribution >= 4 is 24.0 Å². The number of hydrogen-bond acceptors (Lipinski definition) is 10. The molecule has 0 aromatic rings. The quantitative estimate of drug-likeness (QED) is 0.329. The van der Waals surface area contributed by atoms with Crippen LogP contribution in [0.4, 0.5) is 4.79 Å². The Balaban J connectivity index is 3.08. The number of rotatable bonds is 7. The van der Waals surface area contributed by atoms with Crippen LogP contribution in [0.3, 0.4) is 0 Å². The van der Waals surface area contributed by atoms with Gasteiger partial charge in [-0.15, -0.1) is 0 Å². The Hall–Kier alpha value is -2.66. The molecule has 1 aliphatic rings. The number of alkyl carbamates (subject to hydrolysis) is 1. The van der Waals surface area contributed by atoms with Crippen molar-refractivity contribution in [3.63, 3.8) is 0 Å². The molecule has 2 N–H and O–H groups in total. The zero-order valence-electron chi connectivity index (χ0n) is 15.2. The van der Waals surface area contributed by atoms with Crippen LogP contribution in [0.2, 0.25) is 0 Å². The van der Waals surface area contributed by atoms with Gasteiger partial charge in [-0.05, 0) is 0 Å². The lowest BCUT2D eigenvalue weighted by atomic mass is 9.96. The van der Waals surface area contributed by atoms with E-state index < -0.39 is 54.6 Å². The maximum absolute atomic E-state index is 11.8. The summed E-state index contributed by atoms with van der Waals surface area (Å²) in [6, 6.07) is -1.32. The molecular formula is C16H23NO10. The molecule has 5 atom stereocenters. The average Bonchev–Trinajstić information content (AvgIpc) is 2.56. The van der Waals surface area contributed by atoms with Crippen molar-refractivity contribution in [2.75, 3.05) is 13.2 Å². The summed E-state index contributed by atoms with van der Waals surface area (Å²) in [5, 5.41) is 12.5. The molecule has 0 radical (unpaired) electrons. The van der Waals surface area contributed by atoms with Crippen LogP contribution in [0.5, 0.6) is 0 Å². The van der Waals surface area contributed by atoms with Gasteiger partial charge < -0.3 is 34.1 Å². The Morgan fingerprint density at radius 1 is 1.04 bits per heavy atom. The fourth-order valence-corrected chi connectivity index (χ4v) is 2.39. The molecule has 0 aromatic heterocycles. The van der Waals surface area contributed by atoms with E-state index in [2.05, 4.69) is 11.9 Å². The predicted molar refractivity (Wildman–Crippen MR) is 87.1 cm³/mol. The fourth-order valence-electron chi connectivity index (χ4n) is 2.39. The van der Waals surface area contributed by atoms with Crippen LogP contribution in [0.25, 0.3) is 0 Å². The standard InChI is InChI=1S/C16H23NO10/c1-5-6-23-16(22)17-12-14(26-10(4)20)13(25-9(3)19)11(27-15(12)21)7-24-8(2)18/h5,11-15,21H,1,6-7H2,2-4H3,(H,17,22)/t11-,12-,13-,14-,15+/m1/s1. The van der Waals surface area contributed by atoms with Crippen molar-refractivity contribution in [1.29, 1.82) is 0 Å². The first-order valence-electron chi connectivity index (χ1n) is 8.01. The summed E-state index contributed by atoms with van der Waals surface area (Å²) in [4.78, 5) is 45.8. The van der Waals surface area contributed by atoms with Crippen molar-refractivity contribution in [2.24, 2.45) is 0 Å². The third-order valence-corrected chi connectivity index (χ3v) is 3.34. The number of carbonyl (C=O) groups is 4. The van der Waals surface area contributed by atoms with Gasteiger partial charge in [-0.2, -0.15) is 0 Å². The van der Waals surface area contributed by atoms with Crippen LogP contribution in [0.1, 0.15) is 20.8 Å². The summed E-state index contributed by atoms with van der Waals surface area (Å²) in [6.07, 6.45) is -5.02. The second kappa shape index (κ2) is 10.5. The summed E-state index contributed by atoms with van der Waals surface area (Å²) >= 11 is 0. The Morgan fingerprint density at radius 3 is 2.15 bits per heavy atom. The highest BCUT2D eigenvalue weighted by atomic mass is 16.7. The number of ether oxygens (including phenoxy) is 5. The van der Waals surface area contributed by atoms with Gasteiger partial charge in [-0.3, -0.25) is 14.4 Å². The summed E-state index contributed by atoms with van der Waals surface area (Å²) in [6.45, 7) is 6.28. The maximum atomic E-state index is 11.8. The average molecular weight is 389 g/mol. The lowest BCUT2D eigenvalue weighted by molar-refractivity contribution is -0.264. The monoisotopic (exact) mass is 389 g/mol. The molecule has 1 aliphatic heterocycles. The minimum absolute atomic E-state index is 0.101. The molecule has 11 nitrogen and oxygen atoms in total. The van der Waals surface area contributed by atoms with E-state index in [9.17, 15) is 24.3 Å². The molecule has 27 heavy (non-hydrogen) atoms. The largest absolute Gasteiger partial charge is 0.463 e. The normalized spacial score (nSPS) is 27.0. The lowest BCUT2D eigenvalue weighted by Crippen LogP contribution is -2.66. The Morgan fingerprint density at radius 2 is 1.63 bits per heavy atom. The summed E-state index contributed by atoms with van der Waals surface area (Å²) < 4.78 is 25.2. The van der Waals surface area contributed by atoms with Gasteiger partial charge >= 0.3 is 24.0 Å². The second-order valence-corrected chi connectivity index (χ2v) is 5.57. The molecule has 0 aromatic carbocycles. The topological polar surface area (TPSA) is 147 Å². The van der Waals surface area contributed by atoms with E-state index in [4.69, 9.17) is 23.7 Å². The third kappa shape index (κ3) is 7.23. The van der Waals surface area contributed by atoms with Gasteiger partial charge in [0, 0.05) is 20.8 Å². The highest BCUT2D eigenvalue weighted by molar-refractivity contribution is 5.69. The molecule has 1 saturated heterocycles. The number of aliphatic hydroxyl groups is 1. The Kier molecular flexibility index (Phi) is 8.69. The first-order chi connectivity index (χ1) is 12.6. The molecule has 1 fully saturated rings. The van der Waals surface area contributed by atoms with Gasteiger partial charge in [-0.1, -0.05) is 12.7 Å². The number of amides is 1. The van der Waals surface area contributed by atoms with Crippen LogP contribution in [-0.2, 0) is 38.1 Å². The summed E-state index contributed by atoms with van der Waals surface area (Å²) in [5.41, 5.74) is 0. The molecule has 11 heteroatoms. The van der Waals surface area contributed by atoms with Crippen LogP contribution in [0, 0.1) is 0 Å². The van der Waals surface area contributed by atoms with Crippen LogP contribution in [0.15, 0.2) is 12.7 Å². The van der Waals surface area contributed by atoms with Gasteiger partial charge in [0.2, 0.25) is 0 Å². The lowest BCUT2D eigenvalue weighted by Gasteiger charge is -2.43. The van der Waals surface area contributed by atoms with E-state index in [1.165, 1.54) is 6.08 Å². The predicted octanol–water partition coefficient (Wildman–Crippen LogP) is -0.589. The van der Waals surface area contributed by atoms with Gasteiger partial charge in [0.15, 0.2) is 18.5 Å². The Labute approximate surface area is 155 Å². The molecule has 152 valence electrons. The van der Waals surface area contributed by atoms with Gasteiger partial charge in [0.1, 0.15) is 25.4 Å². The number of nitrogens with one attached hydrogen (secondary N) is 1. The molecule has 0 bridgehead atoms. The molecular weight excluding hydrogens is 366 g/mol. The van der Waals surface area contributed by atoms with Crippen molar-refractivity contribution < 1.29 is 48.0 Å². The smallest absolute Gasteiger partial charge is 0.407 e. The van der Waals surface area contributed by atoms with Gasteiger partial charge in [0.25, 0.3) is 0 Å². The second-order valence-electron chi connectivity index (χ2n) is 5.57. The molecule has 1 rings (SSSR count). The summed E-state index contributed by atoms with van der Waals surface area (Å²) in [7, 11) is 0. The molecule has 0 unspecified atom stereocenters. The van der Waals surface area contributed by atoms with Gasteiger partial charge in [-0.25, -0.2) is 4.79 Å². The van der Waals surface area contributed by atoms with Crippen LogP contribution in [-0.4, -0.2) is 73.0 Å². The van der Waals surface area contributed by atoms with Crippen LogP contribution < -0.4 is 5.32 Å². The molecule has 0 saturated carbocycles. The minimum atomic E-state index is -1.67. The molecule has 1 amide bonds. The number of carbonyl (C=O) groups excluding carboxylic acids is 4. The highest BCUT2D eigenvalue weighted by Gasteiger charge is 2.50. The van der Waals surface area contributed by atoms with Gasteiger partial charge in [0.05, 0.1) is 0 Å². The van der Waals surface area contributed by atoms with E-state index in [0.29, 0.717) is 0 Å². The SMILES string of the molecule is C=CCOC(=O)N[C@@H]1[C@@H](OC(C)=O)[C@H](OC(C)=O)[C@@H](COC(C)=O)O[C@@H]1O. The fraction of sp³-hybridized carbons (Fsp3) is 0.625. The van der Waals surface area contributed by atoms with Crippen molar-refractivity contribution in [2.45, 2.75) is 51.4 Å². The first kappa shape index (κ1) is 22.4. The van der Waals surface area contributed by atoms with E-state index in [1.807, 2.05) is 0 Å². The molecule has 1 heterocycles. The van der Waals surface area contributed by atoms with E-state index in [1.54, 1.807) is 0 Å². The maximum Gasteiger partial charge on any atom is 0.407 e. The van der Waals surface area contributed by atoms with Crippen molar-refractivity contribution in [3.8, 4) is 0 Å². The Bertz CT molecular complexity index is 578. The van der Waals surface area contributed by atoms with Crippen molar-refractivity contribution in [3.05, 3.63) is 12.7 Å². The zero-order valence-corrected chi connectivity index (χ0v) is 15.2. The zero-order chi connectivity index (χ0) is 20.6.